The molecule has 1 aliphatic heterocycles. The highest BCUT2D eigenvalue weighted by Crippen LogP contribution is 2.50. The van der Waals surface area contributed by atoms with Gasteiger partial charge in [-0.3, -0.25) is 4.57 Å². The van der Waals surface area contributed by atoms with Crippen LogP contribution >= 0.6 is 7.37 Å². The predicted octanol–water partition coefficient (Wildman–Crippen LogP) is 1.98. The van der Waals surface area contributed by atoms with Gasteiger partial charge in [0.15, 0.2) is 0 Å². The Morgan fingerprint density at radius 1 is 1.90 bits per heavy atom. The van der Waals surface area contributed by atoms with Crippen LogP contribution in [-0.2, 0) is 4.57 Å². The Morgan fingerprint density at radius 2 is 2.60 bits per heavy atom. The van der Waals surface area contributed by atoms with Gasteiger partial charge in [-0.15, -0.1) is 6.58 Å². The van der Waals surface area contributed by atoms with Gasteiger partial charge < -0.3 is 4.89 Å². The quantitative estimate of drug-likeness (QED) is 0.492. The van der Waals surface area contributed by atoms with Crippen molar-refractivity contribution in [3.8, 4) is 0 Å². The maximum atomic E-state index is 10.9. The van der Waals surface area contributed by atoms with Crippen molar-refractivity contribution in [2.75, 3.05) is 6.16 Å². The lowest BCUT2D eigenvalue weighted by Gasteiger charge is -2.03. The summed E-state index contributed by atoms with van der Waals surface area (Å²) in [5.74, 6) is 1.68. The molecule has 1 N–H and O–H groups in total. The first-order chi connectivity index (χ1) is 4.64. The molecule has 0 aromatic carbocycles. The van der Waals surface area contributed by atoms with Crippen molar-refractivity contribution in [1.82, 2.24) is 0 Å². The van der Waals surface area contributed by atoms with E-state index in [1.807, 2.05) is 6.08 Å². The van der Waals surface area contributed by atoms with E-state index in [2.05, 4.69) is 6.58 Å². The van der Waals surface area contributed by atoms with Crippen LogP contribution in [0.15, 0.2) is 24.5 Å². The topological polar surface area (TPSA) is 37.3 Å². The molecule has 0 amide bonds. The Kier molecular flexibility index (Phi) is 2.12. The van der Waals surface area contributed by atoms with E-state index in [9.17, 15) is 4.57 Å². The van der Waals surface area contributed by atoms with Crippen molar-refractivity contribution in [2.24, 2.45) is 5.92 Å². The average Bonchev–Trinajstić information content (AvgIpc) is 2.12. The van der Waals surface area contributed by atoms with Gasteiger partial charge >= 0.3 is 0 Å². The van der Waals surface area contributed by atoms with E-state index < -0.39 is 7.37 Å². The first-order valence-corrected chi connectivity index (χ1v) is 5.17. The first-order valence-electron chi connectivity index (χ1n) is 3.26. The minimum Gasteiger partial charge on any atom is -0.341 e. The second-order valence-electron chi connectivity index (χ2n) is 2.56. The fraction of sp³-hybridized carbons (Fsp3) is 0.429. The number of allylic oxidation sites excluding steroid dienone is 2. The van der Waals surface area contributed by atoms with Gasteiger partial charge in [0.2, 0.25) is 7.37 Å². The highest BCUT2D eigenvalue weighted by molar-refractivity contribution is 7.61. The van der Waals surface area contributed by atoms with Crippen LogP contribution in [0.5, 0.6) is 0 Å². The van der Waals surface area contributed by atoms with Crippen molar-refractivity contribution in [1.29, 1.82) is 0 Å². The van der Waals surface area contributed by atoms with Crippen molar-refractivity contribution in [3.63, 3.8) is 0 Å². The van der Waals surface area contributed by atoms with Gasteiger partial charge in [0.1, 0.15) is 0 Å². The lowest BCUT2D eigenvalue weighted by Crippen LogP contribution is -1.94. The zero-order chi connectivity index (χ0) is 7.61. The van der Waals surface area contributed by atoms with E-state index in [0.29, 0.717) is 6.16 Å². The van der Waals surface area contributed by atoms with Crippen LogP contribution in [0, 0.1) is 5.92 Å². The highest BCUT2D eigenvalue weighted by Gasteiger charge is 2.24. The molecule has 0 fully saturated rings. The molecule has 0 saturated heterocycles. The molecule has 0 radical (unpaired) electrons. The summed E-state index contributed by atoms with van der Waals surface area (Å²) in [4.78, 5) is 9.03. The van der Waals surface area contributed by atoms with E-state index >= 15 is 0 Å². The Balaban J connectivity index is 2.53. The van der Waals surface area contributed by atoms with Crippen LogP contribution in [-0.4, -0.2) is 11.1 Å². The Hall–Kier alpha value is -0.330. The normalized spacial score (nSPS) is 38.3. The maximum Gasteiger partial charge on any atom is 0.222 e. The molecule has 2 nitrogen and oxygen atoms in total. The summed E-state index contributed by atoms with van der Waals surface area (Å²) < 4.78 is 10.9. The van der Waals surface area contributed by atoms with Gasteiger partial charge in [-0.1, -0.05) is 12.2 Å². The zero-order valence-corrected chi connectivity index (χ0v) is 6.63. The third-order valence-electron chi connectivity index (χ3n) is 1.56. The monoisotopic (exact) mass is 158 g/mol. The fourth-order valence-corrected chi connectivity index (χ4v) is 2.66. The molecule has 1 aliphatic rings. The second-order valence-corrected chi connectivity index (χ2v) is 4.74. The van der Waals surface area contributed by atoms with Crippen LogP contribution in [0.4, 0.5) is 0 Å². The van der Waals surface area contributed by atoms with Gasteiger partial charge in [-0.25, -0.2) is 0 Å². The molecule has 3 heteroatoms. The summed E-state index contributed by atoms with van der Waals surface area (Å²) in [6.45, 7) is 3.57. The van der Waals surface area contributed by atoms with Crippen LogP contribution in [0.25, 0.3) is 0 Å². The minimum atomic E-state index is -2.86. The zero-order valence-electron chi connectivity index (χ0n) is 5.73. The molecule has 2 unspecified atom stereocenters. The summed E-state index contributed by atoms with van der Waals surface area (Å²) in [6, 6.07) is 0. The summed E-state index contributed by atoms with van der Waals surface area (Å²) in [5, 5.41) is 0. The Labute approximate surface area is 60.7 Å². The molecule has 56 valence electrons. The summed E-state index contributed by atoms with van der Waals surface area (Å²) in [7, 11) is -2.86. The molecular formula is C7H11O2P. The highest BCUT2D eigenvalue weighted by atomic mass is 31.2. The van der Waals surface area contributed by atoms with E-state index in [0.717, 1.165) is 6.42 Å². The number of hydrogen-bond acceptors (Lipinski definition) is 1. The van der Waals surface area contributed by atoms with E-state index in [-0.39, 0.29) is 5.92 Å². The maximum absolute atomic E-state index is 10.9. The van der Waals surface area contributed by atoms with Gasteiger partial charge in [-0.2, -0.15) is 0 Å². The molecule has 0 spiro atoms. The third kappa shape index (κ3) is 1.83. The van der Waals surface area contributed by atoms with E-state index in [4.69, 9.17) is 4.89 Å². The fourth-order valence-electron chi connectivity index (χ4n) is 1.08. The molecule has 0 bridgehead atoms. The first kappa shape index (κ1) is 7.77. The van der Waals surface area contributed by atoms with Crippen molar-refractivity contribution < 1.29 is 9.46 Å². The van der Waals surface area contributed by atoms with Gasteiger partial charge in [0.25, 0.3) is 0 Å². The smallest absolute Gasteiger partial charge is 0.222 e. The van der Waals surface area contributed by atoms with Crippen LogP contribution < -0.4 is 0 Å². The summed E-state index contributed by atoms with van der Waals surface area (Å²) in [5.41, 5.74) is 0. The van der Waals surface area contributed by atoms with Gasteiger partial charge in [0.05, 0.1) is 0 Å². The Bertz CT molecular complexity index is 208. The molecular weight excluding hydrogens is 147 g/mol. The van der Waals surface area contributed by atoms with Crippen molar-refractivity contribution in [2.45, 2.75) is 6.42 Å². The second kappa shape index (κ2) is 2.73. The summed E-state index contributed by atoms with van der Waals surface area (Å²) in [6.07, 6.45) is 4.79. The number of hydrogen-bond donors (Lipinski definition) is 1. The van der Waals surface area contributed by atoms with Crippen molar-refractivity contribution >= 4 is 7.37 Å². The van der Waals surface area contributed by atoms with E-state index in [1.54, 1.807) is 6.08 Å². The largest absolute Gasteiger partial charge is 0.341 e. The molecule has 10 heavy (non-hydrogen) atoms. The van der Waals surface area contributed by atoms with Crippen molar-refractivity contribution in [3.05, 3.63) is 24.5 Å². The molecule has 2 atom stereocenters. The van der Waals surface area contributed by atoms with Crippen LogP contribution in [0.1, 0.15) is 6.42 Å². The Morgan fingerprint density at radius 3 is 3.00 bits per heavy atom. The van der Waals surface area contributed by atoms with E-state index in [1.165, 1.54) is 5.82 Å². The minimum absolute atomic E-state index is 0.244. The predicted molar refractivity (Wildman–Crippen MR) is 42.1 cm³/mol. The molecule has 1 rings (SSSR count). The molecule has 0 aromatic rings. The van der Waals surface area contributed by atoms with Gasteiger partial charge in [-0.05, 0) is 18.2 Å². The van der Waals surface area contributed by atoms with Crippen LogP contribution in [0.3, 0.4) is 0 Å². The molecule has 0 aromatic heterocycles. The lowest BCUT2D eigenvalue weighted by atomic mass is 10.1. The number of rotatable bonds is 2. The molecule has 0 aliphatic carbocycles. The standard InChI is InChI=1S/C7H11O2P/c1-2-3-7-4-5-10(8,9)6-7/h2,4-5,7H,1,3,6H2,(H,8,9). The molecule has 1 heterocycles. The van der Waals surface area contributed by atoms with Crippen LogP contribution in [0.2, 0.25) is 0 Å². The van der Waals surface area contributed by atoms with Gasteiger partial charge in [0, 0.05) is 6.16 Å². The SMILES string of the molecule is C=CCC1C=CP(=O)(O)C1. The summed E-state index contributed by atoms with van der Waals surface area (Å²) >= 11 is 0. The average molecular weight is 158 g/mol. The third-order valence-corrected chi connectivity index (χ3v) is 3.19. The lowest BCUT2D eigenvalue weighted by molar-refractivity contribution is 0.486. The molecule has 0 saturated carbocycles.